The number of fused-ring (bicyclic) bond motifs is 1. The molecule has 1 aliphatic rings. The van der Waals surface area contributed by atoms with Crippen molar-refractivity contribution < 1.29 is 14.3 Å². The summed E-state index contributed by atoms with van der Waals surface area (Å²) in [6, 6.07) is 8.28. The van der Waals surface area contributed by atoms with Crippen LogP contribution in [0.2, 0.25) is 0 Å². The van der Waals surface area contributed by atoms with Crippen LogP contribution < -0.4 is 14.8 Å². The van der Waals surface area contributed by atoms with E-state index in [2.05, 4.69) is 32.7 Å². The number of rotatable bonds is 6. The summed E-state index contributed by atoms with van der Waals surface area (Å²) in [5, 5.41) is 7.57. The zero-order chi connectivity index (χ0) is 20.4. The van der Waals surface area contributed by atoms with Gasteiger partial charge < -0.3 is 14.8 Å². The molecule has 0 aliphatic carbocycles. The first kappa shape index (κ1) is 19.9. The molecule has 0 spiro atoms. The number of carbonyl (C=O) groups is 1. The molecule has 3 heterocycles. The van der Waals surface area contributed by atoms with Gasteiger partial charge in [-0.1, -0.05) is 6.07 Å². The van der Waals surface area contributed by atoms with Crippen LogP contribution in [0.1, 0.15) is 27.7 Å². The summed E-state index contributed by atoms with van der Waals surface area (Å²) in [5.74, 6) is 1.39. The number of thiazole rings is 1. The van der Waals surface area contributed by atoms with E-state index in [0.29, 0.717) is 17.4 Å². The van der Waals surface area contributed by atoms with Gasteiger partial charge in [-0.25, -0.2) is 4.98 Å². The zero-order valence-corrected chi connectivity index (χ0v) is 18.2. The van der Waals surface area contributed by atoms with Crippen molar-refractivity contribution in [1.82, 2.24) is 9.88 Å². The molecule has 152 valence electrons. The second-order valence-electron chi connectivity index (χ2n) is 6.89. The standard InChI is InChI=1S/C21H23N3O3S2/c1-13-12-29-21(22-13)23-19(25)11-24-7-6-14-9-16(26-2)17(27-3)10-15(14)20(24)18-5-4-8-28-18/h4-5,8-10,12,20H,6-7,11H2,1-3H3,(H,22,23,25). The number of aromatic nitrogens is 1. The lowest BCUT2D eigenvalue weighted by molar-refractivity contribution is -0.117. The first-order valence-electron chi connectivity index (χ1n) is 9.33. The first-order chi connectivity index (χ1) is 14.1. The van der Waals surface area contributed by atoms with Crippen LogP contribution in [-0.2, 0) is 11.2 Å². The molecule has 4 rings (SSSR count). The Morgan fingerprint density at radius 3 is 2.72 bits per heavy atom. The van der Waals surface area contributed by atoms with E-state index in [1.54, 1.807) is 25.6 Å². The van der Waals surface area contributed by atoms with Crippen LogP contribution >= 0.6 is 22.7 Å². The lowest BCUT2D eigenvalue weighted by Gasteiger charge is -2.36. The number of amides is 1. The fraction of sp³-hybridized carbons (Fsp3) is 0.333. The Morgan fingerprint density at radius 1 is 1.28 bits per heavy atom. The van der Waals surface area contributed by atoms with Gasteiger partial charge in [0.25, 0.3) is 0 Å². The van der Waals surface area contributed by atoms with Gasteiger partial charge in [-0.3, -0.25) is 9.69 Å². The molecule has 0 radical (unpaired) electrons. The maximum atomic E-state index is 12.7. The number of nitrogens with zero attached hydrogens (tertiary/aromatic N) is 2. The van der Waals surface area contributed by atoms with Crippen molar-refractivity contribution in [3.63, 3.8) is 0 Å². The van der Waals surface area contributed by atoms with Crippen molar-refractivity contribution in [2.24, 2.45) is 0 Å². The summed E-state index contributed by atoms with van der Waals surface area (Å²) in [4.78, 5) is 20.5. The Kier molecular flexibility index (Phi) is 5.84. The van der Waals surface area contributed by atoms with Crippen molar-refractivity contribution in [2.45, 2.75) is 19.4 Å². The van der Waals surface area contributed by atoms with Gasteiger partial charge in [0.2, 0.25) is 5.91 Å². The third kappa shape index (κ3) is 4.14. The highest BCUT2D eigenvalue weighted by Crippen LogP contribution is 2.42. The van der Waals surface area contributed by atoms with E-state index in [9.17, 15) is 4.79 Å². The van der Waals surface area contributed by atoms with Crippen molar-refractivity contribution >= 4 is 33.7 Å². The minimum Gasteiger partial charge on any atom is -0.493 e. The Morgan fingerprint density at radius 2 is 2.07 bits per heavy atom. The van der Waals surface area contributed by atoms with Crippen molar-refractivity contribution in [3.8, 4) is 11.5 Å². The Labute approximate surface area is 178 Å². The third-order valence-electron chi connectivity index (χ3n) is 5.00. The molecule has 2 aromatic heterocycles. The van der Waals surface area contributed by atoms with Gasteiger partial charge in [0.1, 0.15) is 0 Å². The van der Waals surface area contributed by atoms with Crippen LogP contribution in [0.4, 0.5) is 5.13 Å². The highest BCUT2D eigenvalue weighted by molar-refractivity contribution is 7.13. The van der Waals surface area contributed by atoms with Crippen LogP contribution in [0.5, 0.6) is 11.5 Å². The number of carbonyl (C=O) groups excluding carboxylic acids is 1. The van der Waals surface area contributed by atoms with Gasteiger partial charge in [0.15, 0.2) is 16.6 Å². The van der Waals surface area contributed by atoms with E-state index in [1.165, 1.54) is 21.8 Å². The maximum absolute atomic E-state index is 12.7. The molecule has 1 unspecified atom stereocenters. The fourth-order valence-electron chi connectivity index (χ4n) is 3.70. The number of nitrogens with one attached hydrogen (secondary N) is 1. The van der Waals surface area contributed by atoms with Gasteiger partial charge in [-0.15, -0.1) is 22.7 Å². The van der Waals surface area contributed by atoms with Crippen LogP contribution in [-0.4, -0.2) is 43.1 Å². The summed E-state index contributed by atoms with van der Waals surface area (Å²) < 4.78 is 11.0. The predicted molar refractivity (Wildman–Crippen MR) is 116 cm³/mol. The second kappa shape index (κ2) is 8.52. The molecule has 6 nitrogen and oxygen atoms in total. The number of aryl methyl sites for hydroxylation is 1. The number of hydrogen-bond acceptors (Lipinski definition) is 7. The van der Waals surface area contributed by atoms with Gasteiger partial charge in [0.05, 0.1) is 32.5 Å². The van der Waals surface area contributed by atoms with Gasteiger partial charge in [-0.05, 0) is 48.1 Å². The van der Waals surface area contributed by atoms with Crippen LogP contribution in [0.15, 0.2) is 35.0 Å². The molecule has 0 saturated carbocycles. The summed E-state index contributed by atoms with van der Waals surface area (Å²) in [5.41, 5.74) is 3.30. The van der Waals surface area contributed by atoms with E-state index in [-0.39, 0.29) is 11.9 Å². The lowest BCUT2D eigenvalue weighted by atomic mass is 9.91. The minimum atomic E-state index is -0.0511. The molecule has 0 saturated heterocycles. The smallest absolute Gasteiger partial charge is 0.240 e. The number of ether oxygens (including phenoxy) is 2. The van der Waals surface area contributed by atoms with Crippen molar-refractivity contribution in [1.29, 1.82) is 0 Å². The van der Waals surface area contributed by atoms with E-state index in [0.717, 1.165) is 30.0 Å². The Balaban J connectivity index is 1.64. The van der Waals surface area contributed by atoms with E-state index < -0.39 is 0 Å². The molecule has 1 atom stereocenters. The molecule has 1 N–H and O–H groups in total. The van der Waals surface area contributed by atoms with Crippen molar-refractivity contribution in [2.75, 3.05) is 32.6 Å². The van der Waals surface area contributed by atoms with Crippen molar-refractivity contribution in [3.05, 3.63) is 56.7 Å². The predicted octanol–water partition coefficient (Wildman–Crippen LogP) is 4.12. The van der Waals surface area contributed by atoms with Gasteiger partial charge in [-0.2, -0.15) is 0 Å². The average molecular weight is 430 g/mol. The van der Waals surface area contributed by atoms with Crippen LogP contribution in [0.3, 0.4) is 0 Å². The highest BCUT2D eigenvalue weighted by atomic mass is 32.1. The molecule has 1 aliphatic heterocycles. The van der Waals surface area contributed by atoms with E-state index in [1.807, 2.05) is 24.4 Å². The molecular formula is C21H23N3O3S2. The number of thiophene rings is 1. The highest BCUT2D eigenvalue weighted by Gasteiger charge is 2.32. The summed E-state index contributed by atoms with van der Waals surface area (Å²) >= 11 is 3.14. The average Bonchev–Trinajstić information content (AvgIpc) is 3.38. The quantitative estimate of drug-likeness (QED) is 0.639. The van der Waals surface area contributed by atoms with Gasteiger partial charge >= 0.3 is 0 Å². The monoisotopic (exact) mass is 429 g/mol. The lowest BCUT2D eigenvalue weighted by Crippen LogP contribution is -2.40. The number of anilines is 1. The number of benzene rings is 1. The summed E-state index contributed by atoms with van der Waals surface area (Å²) in [6.07, 6.45) is 0.848. The molecule has 0 fully saturated rings. The van der Waals surface area contributed by atoms with Gasteiger partial charge in [0, 0.05) is 16.8 Å². The molecule has 29 heavy (non-hydrogen) atoms. The second-order valence-corrected chi connectivity index (χ2v) is 8.72. The molecule has 1 amide bonds. The third-order valence-corrected chi connectivity index (χ3v) is 6.80. The van der Waals surface area contributed by atoms with E-state index >= 15 is 0 Å². The number of hydrogen-bond donors (Lipinski definition) is 1. The molecule has 3 aromatic rings. The maximum Gasteiger partial charge on any atom is 0.240 e. The topological polar surface area (TPSA) is 63.7 Å². The molecule has 0 bridgehead atoms. The minimum absolute atomic E-state index is 0.00216. The normalized spacial score (nSPS) is 16.3. The zero-order valence-electron chi connectivity index (χ0n) is 16.6. The fourth-order valence-corrected chi connectivity index (χ4v) is 5.28. The summed E-state index contributed by atoms with van der Waals surface area (Å²) in [7, 11) is 3.30. The van der Waals surface area contributed by atoms with Crippen LogP contribution in [0.25, 0.3) is 0 Å². The summed E-state index contributed by atoms with van der Waals surface area (Å²) in [6.45, 7) is 3.01. The van der Waals surface area contributed by atoms with Crippen LogP contribution in [0, 0.1) is 6.92 Å². The first-order valence-corrected chi connectivity index (χ1v) is 11.1. The molecular weight excluding hydrogens is 406 g/mol. The number of methoxy groups -OCH3 is 2. The Bertz CT molecular complexity index is 1000. The van der Waals surface area contributed by atoms with E-state index in [4.69, 9.17) is 9.47 Å². The SMILES string of the molecule is COc1cc2c(cc1OC)C(c1cccs1)N(CC(=O)Nc1nc(C)cs1)CC2. The Hall–Kier alpha value is -2.42. The molecule has 8 heteroatoms. The molecule has 1 aromatic carbocycles. The largest absolute Gasteiger partial charge is 0.493 e.